The summed E-state index contributed by atoms with van der Waals surface area (Å²) in [4.78, 5) is 25.8. The normalized spacial score (nSPS) is 19.0. The highest BCUT2D eigenvalue weighted by Crippen LogP contribution is 2.25. The van der Waals surface area contributed by atoms with Gasteiger partial charge in [0.15, 0.2) is 0 Å². The molecule has 3 aromatic rings. The van der Waals surface area contributed by atoms with E-state index >= 15 is 0 Å². The van der Waals surface area contributed by atoms with Crippen LogP contribution in [-0.2, 0) is 17.9 Å². The van der Waals surface area contributed by atoms with Gasteiger partial charge in [0.2, 0.25) is 5.91 Å². The molecule has 164 valence electrons. The van der Waals surface area contributed by atoms with Gasteiger partial charge in [-0.25, -0.2) is 9.07 Å². The number of benzene rings is 1. The molecule has 0 unspecified atom stereocenters. The maximum atomic E-state index is 14.2. The van der Waals surface area contributed by atoms with Gasteiger partial charge < -0.3 is 9.88 Å². The lowest BCUT2D eigenvalue weighted by Gasteiger charge is -2.29. The Balaban J connectivity index is 1.61. The summed E-state index contributed by atoms with van der Waals surface area (Å²) in [7, 11) is 0. The molecule has 2 aromatic heterocycles. The van der Waals surface area contributed by atoms with Crippen molar-refractivity contribution in [3.05, 3.63) is 63.6 Å². The van der Waals surface area contributed by atoms with Crippen LogP contribution in [0.5, 0.6) is 0 Å². The van der Waals surface area contributed by atoms with E-state index in [0.29, 0.717) is 23.4 Å². The van der Waals surface area contributed by atoms with Gasteiger partial charge >= 0.3 is 0 Å². The van der Waals surface area contributed by atoms with Crippen LogP contribution in [0.4, 0.5) is 4.39 Å². The number of hydrogen-bond donors (Lipinski definition) is 1. The number of aryl methyl sites for hydroxylation is 2. The molecule has 31 heavy (non-hydrogen) atoms. The molecule has 1 saturated carbocycles. The van der Waals surface area contributed by atoms with E-state index in [1.165, 1.54) is 17.2 Å². The topological polar surface area (TPSA) is 68.9 Å². The number of carbonyl (C=O) groups excluding carboxylic acids is 1. The minimum Gasteiger partial charge on any atom is -0.351 e. The highest BCUT2D eigenvalue weighted by atomic mass is 19.1. The van der Waals surface area contributed by atoms with Crippen molar-refractivity contribution < 1.29 is 9.18 Å². The molecule has 2 heterocycles. The highest BCUT2D eigenvalue weighted by Gasteiger charge is 2.24. The van der Waals surface area contributed by atoms with Crippen LogP contribution in [0.3, 0.4) is 0 Å². The molecule has 0 bridgehead atoms. The Labute approximate surface area is 181 Å². The summed E-state index contributed by atoms with van der Waals surface area (Å²) in [6.07, 6.45) is 6.04. The summed E-state index contributed by atoms with van der Waals surface area (Å²) in [6.45, 7) is 6.14. The first-order chi connectivity index (χ1) is 14.9. The van der Waals surface area contributed by atoms with Crippen molar-refractivity contribution in [1.29, 1.82) is 0 Å². The van der Waals surface area contributed by atoms with Gasteiger partial charge in [0.1, 0.15) is 12.4 Å². The second-order valence-corrected chi connectivity index (χ2v) is 8.68. The lowest BCUT2D eigenvalue weighted by atomic mass is 9.86. The van der Waals surface area contributed by atoms with E-state index in [4.69, 9.17) is 0 Å². The van der Waals surface area contributed by atoms with E-state index < -0.39 is 0 Å². The highest BCUT2D eigenvalue weighted by molar-refractivity contribution is 5.87. The number of amides is 1. The van der Waals surface area contributed by atoms with Gasteiger partial charge in [0.05, 0.1) is 18.1 Å². The molecule has 1 fully saturated rings. The predicted octanol–water partition coefficient (Wildman–Crippen LogP) is 3.70. The summed E-state index contributed by atoms with van der Waals surface area (Å²) in [5, 5.41) is 8.59. The van der Waals surface area contributed by atoms with Gasteiger partial charge in [0, 0.05) is 28.4 Å². The molecule has 0 saturated heterocycles. The average Bonchev–Trinajstić information content (AvgIpc) is 2.98. The molecule has 4 rings (SSSR count). The molecular weight excluding hydrogens is 395 g/mol. The van der Waals surface area contributed by atoms with E-state index in [0.717, 1.165) is 36.0 Å². The fraction of sp³-hybridized carbons (Fsp3) is 0.458. The Hall–Kier alpha value is -2.96. The van der Waals surface area contributed by atoms with Crippen LogP contribution in [0.25, 0.3) is 10.8 Å². The number of nitrogens with one attached hydrogen (secondary N) is 1. The zero-order chi connectivity index (χ0) is 22.1. The van der Waals surface area contributed by atoms with Crippen LogP contribution in [0.2, 0.25) is 0 Å². The molecule has 1 N–H and O–H groups in total. The number of hydrogen-bond acceptors (Lipinski definition) is 3. The van der Waals surface area contributed by atoms with Gasteiger partial charge in [0.25, 0.3) is 5.56 Å². The first kappa shape index (κ1) is 21.3. The molecule has 0 aliphatic heterocycles. The third kappa shape index (κ3) is 4.13. The van der Waals surface area contributed by atoms with E-state index in [-0.39, 0.29) is 29.9 Å². The Morgan fingerprint density at radius 2 is 1.94 bits per heavy atom. The van der Waals surface area contributed by atoms with Gasteiger partial charge in [-0.1, -0.05) is 38.0 Å². The van der Waals surface area contributed by atoms with Gasteiger partial charge in [-0.2, -0.15) is 5.10 Å². The van der Waals surface area contributed by atoms with Crippen molar-refractivity contribution in [2.75, 3.05) is 0 Å². The van der Waals surface area contributed by atoms with Crippen molar-refractivity contribution in [3.8, 4) is 0 Å². The molecule has 1 aliphatic rings. The smallest absolute Gasteiger partial charge is 0.276 e. The molecule has 0 spiro atoms. The van der Waals surface area contributed by atoms with Crippen molar-refractivity contribution in [1.82, 2.24) is 19.7 Å². The summed E-state index contributed by atoms with van der Waals surface area (Å²) < 4.78 is 17.3. The Morgan fingerprint density at radius 1 is 1.19 bits per heavy atom. The molecule has 6 nitrogen and oxygen atoms in total. The summed E-state index contributed by atoms with van der Waals surface area (Å²) in [5.41, 5.74) is 1.87. The van der Waals surface area contributed by atoms with Crippen molar-refractivity contribution in [3.63, 3.8) is 0 Å². The zero-order valence-corrected chi connectivity index (χ0v) is 18.3. The monoisotopic (exact) mass is 424 g/mol. The Morgan fingerprint density at radius 3 is 2.68 bits per heavy atom. The standard InChI is InChI=1S/C24H29FN4O2/c1-15-8-4-7-11-21(15)27-22(30)14-29-24(31)23-17(3)28(16(2)19(23)12-26-29)13-18-9-5-6-10-20(18)25/h5-6,9-10,12,15,21H,4,7-8,11,13-14H2,1-3H3,(H,27,30)/t15-,21-/m0/s1. The second-order valence-electron chi connectivity index (χ2n) is 8.68. The average molecular weight is 425 g/mol. The van der Waals surface area contributed by atoms with E-state index in [2.05, 4.69) is 17.3 Å². The van der Waals surface area contributed by atoms with E-state index in [1.54, 1.807) is 24.4 Å². The summed E-state index contributed by atoms with van der Waals surface area (Å²) in [6, 6.07) is 6.79. The SMILES string of the molecule is Cc1c2cnn(CC(=O)N[C@H]3CCCC[C@@H]3C)c(=O)c2c(C)n1Cc1ccccc1F. The van der Waals surface area contributed by atoms with Crippen LogP contribution >= 0.6 is 0 Å². The number of aromatic nitrogens is 3. The first-order valence-electron chi connectivity index (χ1n) is 10.9. The van der Waals surface area contributed by atoms with Gasteiger partial charge in [-0.15, -0.1) is 0 Å². The first-order valence-corrected chi connectivity index (χ1v) is 10.9. The number of nitrogens with zero attached hydrogens (tertiary/aromatic N) is 3. The van der Waals surface area contributed by atoms with Crippen LogP contribution in [-0.4, -0.2) is 26.3 Å². The van der Waals surface area contributed by atoms with Crippen LogP contribution < -0.4 is 10.9 Å². The summed E-state index contributed by atoms with van der Waals surface area (Å²) in [5.74, 6) is -0.0155. The van der Waals surface area contributed by atoms with E-state index in [1.807, 2.05) is 18.4 Å². The van der Waals surface area contributed by atoms with Gasteiger partial charge in [-0.05, 0) is 38.7 Å². The molecule has 0 radical (unpaired) electrons. The fourth-order valence-electron chi connectivity index (χ4n) is 4.71. The molecule has 1 aliphatic carbocycles. The van der Waals surface area contributed by atoms with Gasteiger partial charge in [-0.3, -0.25) is 9.59 Å². The van der Waals surface area contributed by atoms with Crippen LogP contribution in [0.1, 0.15) is 49.6 Å². The molecule has 1 aromatic carbocycles. The Bertz CT molecular complexity index is 1180. The number of carbonyl (C=O) groups is 1. The quantitative estimate of drug-likeness (QED) is 0.679. The lowest BCUT2D eigenvalue weighted by molar-refractivity contribution is -0.123. The summed E-state index contributed by atoms with van der Waals surface area (Å²) >= 11 is 0. The fourth-order valence-corrected chi connectivity index (χ4v) is 4.71. The van der Waals surface area contributed by atoms with Crippen molar-refractivity contribution in [2.45, 2.75) is 65.6 Å². The molecule has 1 amide bonds. The number of rotatable bonds is 5. The molecule has 7 heteroatoms. The Kier molecular flexibility index (Phi) is 5.94. The van der Waals surface area contributed by atoms with E-state index in [9.17, 15) is 14.0 Å². The molecular formula is C24H29FN4O2. The minimum atomic E-state index is -0.294. The van der Waals surface area contributed by atoms with Crippen molar-refractivity contribution >= 4 is 16.7 Å². The third-order valence-corrected chi connectivity index (χ3v) is 6.64. The number of halogens is 1. The zero-order valence-electron chi connectivity index (χ0n) is 18.3. The molecule has 2 atom stereocenters. The van der Waals surface area contributed by atoms with Crippen LogP contribution in [0, 0.1) is 25.6 Å². The maximum Gasteiger partial charge on any atom is 0.276 e. The minimum absolute atomic E-state index is 0.102. The largest absolute Gasteiger partial charge is 0.351 e. The number of fused-ring (bicyclic) bond motifs is 1. The third-order valence-electron chi connectivity index (χ3n) is 6.64. The van der Waals surface area contributed by atoms with Crippen molar-refractivity contribution in [2.24, 2.45) is 5.92 Å². The second kappa shape index (κ2) is 8.65. The maximum absolute atomic E-state index is 14.2. The van der Waals surface area contributed by atoms with Crippen LogP contribution in [0.15, 0.2) is 35.3 Å². The lowest BCUT2D eigenvalue weighted by Crippen LogP contribution is -2.43. The predicted molar refractivity (Wildman–Crippen MR) is 119 cm³/mol.